The zero-order valence-electron chi connectivity index (χ0n) is 15.8. The van der Waals surface area contributed by atoms with Gasteiger partial charge < -0.3 is 14.8 Å². The fourth-order valence-electron chi connectivity index (χ4n) is 4.27. The molecule has 26 heavy (non-hydrogen) atoms. The summed E-state index contributed by atoms with van der Waals surface area (Å²) in [6.45, 7) is 10.5. The minimum Gasteiger partial charge on any atom is -0.496 e. The molecule has 1 N–H and O–H groups in total. The van der Waals surface area contributed by atoms with E-state index in [0.29, 0.717) is 0 Å². The van der Waals surface area contributed by atoms with Crippen LogP contribution >= 0.6 is 0 Å². The monoisotopic (exact) mass is 346 g/mol. The first-order valence-electron chi connectivity index (χ1n) is 9.05. The first-order valence-corrected chi connectivity index (χ1v) is 9.05. The van der Waals surface area contributed by atoms with Gasteiger partial charge in [-0.2, -0.15) is 0 Å². The maximum atomic E-state index is 6.40. The summed E-state index contributed by atoms with van der Waals surface area (Å²) in [6, 6.07) is 10.3. The third kappa shape index (κ3) is 2.50. The molecule has 3 nitrogen and oxygen atoms in total. The normalized spacial score (nSPS) is 19.1. The van der Waals surface area contributed by atoms with E-state index in [4.69, 9.17) is 9.47 Å². The largest absolute Gasteiger partial charge is 0.496 e. The molecule has 134 valence electrons. The van der Waals surface area contributed by atoms with Crippen molar-refractivity contribution in [1.82, 2.24) is 0 Å². The summed E-state index contributed by atoms with van der Waals surface area (Å²) in [5.74, 6) is 1.71. The van der Waals surface area contributed by atoms with Gasteiger partial charge in [0.15, 0.2) is 0 Å². The van der Waals surface area contributed by atoms with E-state index < -0.39 is 0 Å². The van der Waals surface area contributed by atoms with Crippen molar-refractivity contribution < 1.29 is 9.47 Å². The van der Waals surface area contributed by atoms with Crippen LogP contribution in [0.4, 0.5) is 5.69 Å². The summed E-state index contributed by atoms with van der Waals surface area (Å²) in [5.41, 5.74) is 7.04. The maximum absolute atomic E-state index is 6.40. The summed E-state index contributed by atoms with van der Waals surface area (Å²) in [4.78, 5) is 0. The summed E-state index contributed by atoms with van der Waals surface area (Å²) < 4.78 is 12.0. The molecule has 0 saturated heterocycles. The van der Waals surface area contributed by atoms with Crippen LogP contribution in [0, 0.1) is 0 Å². The van der Waals surface area contributed by atoms with Crippen LogP contribution in [0.15, 0.2) is 49.1 Å². The van der Waals surface area contributed by atoms with Gasteiger partial charge in [-0.05, 0) is 50.1 Å². The quantitative estimate of drug-likeness (QED) is 0.694. The van der Waals surface area contributed by atoms with Crippen molar-refractivity contribution in [3.05, 3.63) is 60.2 Å². The van der Waals surface area contributed by atoms with Crippen molar-refractivity contribution in [1.29, 1.82) is 0 Å². The Morgan fingerprint density at radius 1 is 1.23 bits per heavy atom. The molecule has 0 spiro atoms. The van der Waals surface area contributed by atoms with Crippen molar-refractivity contribution in [3.8, 4) is 22.6 Å². The second-order valence-corrected chi connectivity index (χ2v) is 7.59. The van der Waals surface area contributed by atoms with Gasteiger partial charge in [-0.15, -0.1) is 6.58 Å². The average Bonchev–Trinajstić information content (AvgIpc) is 2.59. The van der Waals surface area contributed by atoms with Crippen molar-refractivity contribution >= 4 is 11.3 Å². The van der Waals surface area contributed by atoms with E-state index in [0.717, 1.165) is 29.2 Å². The highest BCUT2D eigenvalue weighted by Gasteiger charge is 2.34. The maximum Gasteiger partial charge on any atom is 0.131 e. The fraction of sp³-hybridized carbons (Fsp3) is 0.304. The molecule has 0 aromatic heterocycles. The Hall–Kier alpha value is -2.68. The van der Waals surface area contributed by atoms with Gasteiger partial charge in [0.1, 0.15) is 17.6 Å². The molecule has 3 heteroatoms. The van der Waals surface area contributed by atoms with Crippen LogP contribution in [-0.4, -0.2) is 12.6 Å². The van der Waals surface area contributed by atoms with Crippen LogP contribution in [0.3, 0.4) is 0 Å². The number of anilines is 1. The Balaban J connectivity index is 2.02. The number of methoxy groups -OCH3 is 1. The Morgan fingerprint density at radius 3 is 2.77 bits per heavy atom. The molecule has 0 bridgehead atoms. The zero-order chi connectivity index (χ0) is 18.5. The number of nitrogens with one attached hydrogen (secondary N) is 1. The topological polar surface area (TPSA) is 30.5 Å². The number of fused-ring (bicyclic) bond motifs is 5. The zero-order valence-corrected chi connectivity index (χ0v) is 15.8. The summed E-state index contributed by atoms with van der Waals surface area (Å²) in [7, 11) is 1.71. The van der Waals surface area contributed by atoms with Crippen LogP contribution < -0.4 is 14.8 Å². The molecule has 2 aromatic carbocycles. The molecule has 1 atom stereocenters. The Labute approximate surface area is 155 Å². The standard InChI is InChI=1S/C23H25NO2/c1-6-8-18-22-15(21-17(25-5)9-7-10-19(21)26-18)11-12-16-20(22)14(2)13-23(3,4)24-16/h6-7,9-13,18,24H,1,8H2,2-5H3/i5-1. The van der Waals surface area contributed by atoms with Crippen LogP contribution in [-0.2, 0) is 0 Å². The van der Waals surface area contributed by atoms with Gasteiger partial charge in [-0.25, -0.2) is 0 Å². The molecule has 2 heterocycles. The second-order valence-electron chi connectivity index (χ2n) is 7.59. The van der Waals surface area contributed by atoms with E-state index in [1.807, 2.05) is 24.3 Å². The van der Waals surface area contributed by atoms with Crippen LogP contribution in [0.2, 0.25) is 0 Å². The van der Waals surface area contributed by atoms with Crippen molar-refractivity contribution in [3.63, 3.8) is 0 Å². The van der Waals surface area contributed by atoms with E-state index in [-0.39, 0.29) is 11.6 Å². The fourth-order valence-corrected chi connectivity index (χ4v) is 4.27. The molecule has 1 unspecified atom stereocenters. The lowest BCUT2D eigenvalue weighted by molar-refractivity contribution is 0.204. The van der Waals surface area contributed by atoms with E-state index in [1.54, 1.807) is 7.11 Å². The Morgan fingerprint density at radius 2 is 2.04 bits per heavy atom. The highest BCUT2D eigenvalue weighted by Crippen LogP contribution is 2.52. The number of allylic oxidation sites excluding steroid dienone is 1. The van der Waals surface area contributed by atoms with E-state index >= 15 is 0 Å². The Bertz CT molecular complexity index is 924. The lowest BCUT2D eigenvalue weighted by Crippen LogP contribution is -2.32. The number of rotatable bonds is 3. The lowest BCUT2D eigenvalue weighted by Gasteiger charge is -2.37. The molecule has 0 amide bonds. The highest BCUT2D eigenvalue weighted by atomic mass is 16.5. The number of hydrogen-bond acceptors (Lipinski definition) is 3. The average molecular weight is 346 g/mol. The van der Waals surface area contributed by atoms with Crippen LogP contribution in [0.25, 0.3) is 16.7 Å². The molecule has 2 aliphatic rings. The summed E-state index contributed by atoms with van der Waals surface area (Å²) in [6.07, 6.45) is 4.93. The molecular weight excluding hydrogens is 321 g/mol. The molecular formula is C23H25NO2. The van der Waals surface area contributed by atoms with Gasteiger partial charge in [0.25, 0.3) is 0 Å². The molecule has 0 fully saturated rings. The highest BCUT2D eigenvalue weighted by molar-refractivity contribution is 5.91. The third-order valence-corrected chi connectivity index (χ3v) is 5.12. The van der Waals surface area contributed by atoms with Crippen molar-refractivity contribution in [2.45, 2.75) is 38.8 Å². The lowest BCUT2D eigenvalue weighted by atomic mass is 9.81. The Kier molecular flexibility index (Phi) is 3.83. The van der Waals surface area contributed by atoms with Gasteiger partial charge in [0.05, 0.1) is 18.2 Å². The SMILES string of the molecule is C=CCC1Oc2cccc(O[11CH3])c2-c2ccc3c(c21)C(C)=CC(C)(C)N3. The molecule has 2 aromatic rings. The van der Waals surface area contributed by atoms with Gasteiger partial charge in [0.2, 0.25) is 0 Å². The first kappa shape index (κ1) is 16.8. The summed E-state index contributed by atoms with van der Waals surface area (Å²) in [5, 5.41) is 3.64. The first-order chi connectivity index (χ1) is 12.4. The number of ether oxygens (including phenoxy) is 2. The van der Waals surface area contributed by atoms with Crippen molar-refractivity contribution in [2.75, 3.05) is 12.4 Å². The van der Waals surface area contributed by atoms with Crippen molar-refractivity contribution in [2.24, 2.45) is 0 Å². The molecule has 4 rings (SSSR count). The van der Waals surface area contributed by atoms with Gasteiger partial charge in [-0.1, -0.05) is 24.3 Å². The van der Waals surface area contributed by atoms with Gasteiger partial charge in [0, 0.05) is 23.2 Å². The minimum atomic E-state index is -0.0651. The summed E-state index contributed by atoms with van der Waals surface area (Å²) >= 11 is 0. The van der Waals surface area contributed by atoms with Gasteiger partial charge >= 0.3 is 0 Å². The molecule has 0 radical (unpaired) electrons. The number of benzene rings is 2. The smallest absolute Gasteiger partial charge is 0.131 e. The second kappa shape index (κ2) is 5.94. The molecule has 2 aliphatic heterocycles. The molecule has 0 saturated carbocycles. The van der Waals surface area contributed by atoms with Gasteiger partial charge in [-0.3, -0.25) is 0 Å². The minimum absolute atomic E-state index is 0.0524. The van der Waals surface area contributed by atoms with Crippen LogP contribution in [0.1, 0.15) is 44.4 Å². The van der Waals surface area contributed by atoms with E-state index in [9.17, 15) is 0 Å². The molecule has 0 aliphatic carbocycles. The predicted octanol–water partition coefficient (Wildman–Crippen LogP) is 5.98. The number of hydrogen-bond donors (Lipinski definition) is 1. The van der Waals surface area contributed by atoms with E-state index in [2.05, 4.69) is 50.9 Å². The predicted molar refractivity (Wildman–Crippen MR) is 108 cm³/mol. The third-order valence-electron chi connectivity index (χ3n) is 5.12. The van der Waals surface area contributed by atoms with E-state index in [1.165, 1.54) is 22.3 Å². The van der Waals surface area contributed by atoms with Crippen LogP contribution in [0.5, 0.6) is 11.5 Å².